The molecule has 0 spiro atoms. The van der Waals surface area contributed by atoms with Gasteiger partial charge < -0.3 is 10.4 Å². The molecule has 0 aliphatic heterocycles. The second kappa shape index (κ2) is 6.83. The summed E-state index contributed by atoms with van der Waals surface area (Å²) in [4.78, 5) is 0. The van der Waals surface area contributed by atoms with Crippen LogP contribution in [-0.4, -0.2) is 32.4 Å². The van der Waals surface area contributed by atoms with Gasteiger partial charge in [0.05, 0.1) is 5.75 Å². The predicted octanol–water partition coefficient (Wildman–Crippen LogP) is 1.12. The first kappa shape index (κ1) is 15.9. The lowest BCUT2D eigenvalue weighted by atomic mass is 10.1. The molecule has 0 fully saturated rings. The van der Waals surface area contributed by atoms with Gasteiger partial charge in [-0.05, 0) is 13.0 Å². The second-order valence-corrected chi connectivity index (χ2v) is 6.12. The zero-order valence-corrected chi connectivity index (χ0v) is 11.8. The topological polar surface area (TPSA) is 78.4 Å². The van der Waals surface area contributed by atoms with Crippen molar-refractivity contribution in [2.24, 2.45) is 0 Å². The first-order valence-electron chi connectivity index (χ1n) is 6.05. The minimum absolute atomic E-state index is 0.0485. The molecule has 0 bridgehead atoms. The standard InChI is InChI=1S/C12H19FN2O3S/c1-3-15-19(17,18)7-6-14-9(2)11-5-4-10(13)8-12(11)16/h4-5,8-9,14-16H,3,6-7H2,1-2H3. The van der Waals surface area contributed by atoms with Crippen LogP contribution in [0, 0.1) is 5.82 Å². The number of hydrogen-bond donors (Lipinski definition) is 3. The largest absolute Gasteiger partial charge is 0.508 e. The van der Waals surface area contributed by atoms with Crippen molar-refractivity contribution < 1.29 is 17.9 Å². The highest BCUT2D eigenvalue weighted by Crippen LogP contribution is 2.24. The van der Waals surface area contributed by atoms with Gasteiger partial charge in [-0.1, -0.05) is 13.0 Å². The number of hydrogen-bond acceptors (Lipinski definition) is 4. The van der Waals surface area contributed by atoms with E-state index < -0.39 is 15.8 Å². The number of aromatic hydroxyl groups is 1. The highest BCUT2D eigenvalue weighted by atomic mass is 32.2. The lowest BCUT2D eigenvalue weighted by Crippen LogP contribution is -2.32. The molecule has 1 unspecified atom stereocenters. The van der Waals surface area contributed by atoms with Gasteiger partial charge in [0.2, 0.25) is 10.0 Å². The van der Waals surface area contributed by atoms with Crippen molar-refractivity contribution in [2.45, 2.75) is 19.9 Å². The van der Waals surface area contributed by atoms with Crippen molar-refractivity contribution >= 4 is 10.0 Å². The molecule has 108 valence electrons. The maximum Gasteiger partial charge on any atom is 0.212 e. The number of phenols is 1. The van der Waals surface area contributed by atoms with Gasteiger partial charge in [0.25, 0.3) is 0 Å². The van der Waals surface area contributed by atoms with Crippen LogP contribution in [0.5, 0.6) is 5.75 Å². The van der Waals surface area contributed by atoms with Gasteiger partial charge in [0.1, 0.15) is 11.6 Å². The number of rotatable bonds is 7. The van der Waals surface area contributed by atoms with E-state index in [4.69, 9.17) is 0 Å². The summed E-state index contributed by atoms with van der Waals surface area (Å²) in [5.74, 6) is -0.703. The zero-order chi connectivity index (χ0) is 14.5. The molecule has 0 aliphatic carbocycles. The molecule has 1 rings (SSSR count). The third kappa shape index (κ3) is 5.14. The average Bonchev–Trinajstić information content (AvgIpc) is 2.28. The van der Waals surface area contributed by atoms with Gasteiger partial charge in [-0.25, -0.2) is 17.5 Å². The Morgan fingerprint density at radius 1 is 1.42 bits per heavy atom. The highest BCUT2D eigenvalue weighted by Gasteiger charge is 2.13. The van der Waals surface area contributed by atoms with Crippen LogP contribution >= 0.6 is 0 Å². The summed E-state index contributed by atoms with van der Waals surface area (Å²) in [6.07, 6.45) is 0. The number of halogens is 1. The molecule has 1 aromatic carbocycles. The van der Waals surface area contributed by atoms with E-state index >= 15 is 0 Å². The first-order chi connectivity index (χ1) is 8.85. The van der Waals surface area contributed by atoms with Crippen LogP contribution in [0.3, 0.4) is 0 Å². The minimum atomic E-state index is -3.26. The molecule has 0 saturated carbocycles. The van der Waals surface area contributed by atoms with E-state index in [0.717, 1.165) is 6.07 Å². The Morgan fingerprint density at radius 2 is 2.11 bits per heavy atom. The van der Waals surface area contributed by atoms with Crippen LogP contribution in [0.4, 0.5) is 4.39 Å². The molecule has 0 saturated heterocycles. The van der Waals surface area contributed by atoms with Gasteiger partial charge >= 0.3 is 0 Å². The monoisotopic (exact) mass is 290 g/mol. The smallest absolute Gasteiger partial charge is 0.212 e. The van der Waals surface area contributed by atoms with Crippen molar-refractivity contribution in [1.82, 2.24) is 10.0 Å². The fourth-order valence-corrected chi connectivity index (χ4v) is 2.67. The number of sulfonamides is 1. The molecule has 0 amide bonds. The van der Waals surface area contributed by atoms with Gasteiger partial charge in [0.15, 0.2) is 0 Å². The van der Waals surface area contributed by atoms with E-state index in [1.54, 1.807) is 13.8 Å². The summed E-state index contributed by atoms with van der Waals surface area (Å²) in [7, 11) is -3.26. The van der Waals surface area contributed by atoms with Gasteiger partial charge in [-0.15, -0.1) is 0 Å². The van der Waals surface area contributed by atoms with Crippen molar-refractivity contribution in [1.29, 1.82) is 0 Å². The van der Waals surface area contributed by atoms with Crippen molar-refractivity contribution in [2.75, 3.05) is 18.8 Å². The highest BCUT2D eigenvalue weighted by molar-refractivity contribution is 7.89. The third-order valence-corrected chi connectivity index (χ3v) is 4.11. The van der Waals surface area contributed by atoms with E-state index in [0.29, 0.717) is 12.1 Å². The lowest BCUT2D eigenvalue weighted by molar-refractivity contribution is 0.449. The van der Waals surface area contributed by atoms with E-state index in [1.807, 2.05) is 0 Å². The van der Waals surface area contributed by atoms with E-state index in [1.165, 1.54) is 12.1 Å². The molecule has 3 N–H and O–H groups in total. The fraction of sp³-hybridized carbons (Fsp3) is 0.500. The maximum absolute atomic E-state index is 12.8. The Labute approximate surface area is 112 Å². The fourth-order valence-electron chi connectivity index (χ4n) is 1.69. The third-order valence-electron chi connectivity index (χ3n) is 2.64. The van der Waals surface area contributed by atoms with Crippen molar-refractivity contribution in [3.05, 3.63) is 29.6 Å². The second-order valence-electron chi connectivity index (χ2n) is 4.20. The molecule has 0 aliphatic rings. The molecule has 7 heteroatoms. The van der Waals surface area contributed by atoms with Gasteiger partial charge in [0, 0.05) is 30.8 Å². The van der Waals surface area contributed by atoms with Gasteiger partial charge in [-0.3, -0.25) is 0 Å². The van der Waals surface area contributed by atoms with Crippen LogP contribution in [0.15, 0.2) is 18.2 Å². The molecular formula is C12H19FN2O3S. The normalized spacial score (nSPS) is 13.4. The summed E-state index contributed by atoms with van der Waals surface area (Å²) in [6.45, 7) is 4.08. The summed E-state index contributed by atoms with van der Waals surface area (Å²) in [5.41, 5.74) is 0.530. The Balaban J connectivity index is 2.54. The van der Waals surface area contributed by atoms with Crippen molar-refractivity contribution in [3.8, 4) is 5.75 Å². The van der Waals surface area contributed by atoms with Crippen LogP contribution in [0.25, 0.3) is 0 Å². The average molecular weight is 290 g/mol. The van der Waals surface area contributed by atoms with Crippen LogP contribution in [0.2, 0.25) is 0 Å². The predicted molar refractivity (Wildman–Crippen MR) is 71.9 cm³/mol. The number of nitrogens with one attached hydrogen (secondary N) is 2. The van der Waals surface area contributed by atoms with Crippen LogP contribution in [0.1, 0.15) is 25.5 Å². The molecule has 5 nitrogen and oxygen atoms in total. The molecule has 1 atom stereocenters. The molecule has 0 radical (unpaired) electrons. The Morgan fingerprint density at radius 3 is 2.68 bits per heavy atom. The van der Waals surface area contributed by atoms with E-state index in [2.05, 4.69) is 10.0 Å². The van der Waals surface area contributed by atoms with Crippen molar-refractivity contribution in [3.63, 3.8) is 0 Å². The number of phenolic OH excluding ortho intramolecular Hbond substituents is 1. The lowest BCUT2D eigenvalue weighted by Gasteiger charge is -2.15. The zero-order valence-electron chi connectivity index (χ0n) is 11.0. The SMILES string of the molecule is CCNS(=O)(=O)CCNC(C)c1ccc(F)cc1O. The first-order valence-corrected chi connectivity index (χ1v) is 7.70. The van der Waals surface area contributed by atoms with Crippen LogP contribution < -0.4 is 10.0 Å². The summed E-state index contributed by atoms with van der Waals surface area (Å²) < 4.78 is 38.0. The summed E-state index contributed by atoms with van der Waals surface area (Å²) in [5, 5.41) is 12.6. The quantitative estimate of drug-likeness (QED) is 0.703. The Kier molecular flexibility index (Phi) is 5.71. The molecule has 0 heterocycles. The maximum atomic E-state index is 12.8. The van der Waals surface area contributed by atoms with E-state index in [9.17, 15) is 17.9 Å². The summed E-state index contributed by atoms with van der Waals surface area (Å²) in [6, 6.07) is 3.49. The Hall–Kier alpha value is -1.18. The van der Waals surface area contributed by atoms with Crippen LogP contribution in [-0.2, 0) is 10.0 Å². The number of benzene rings is 1. The molecular weight excluding hydrogens is 271 g/mol. The van der Waals surface area contributed by atoms with E-state index in [-0.39, 0.29) is 24.1 Å². The van der Waals surface area contributed by atoms with Gasteiger partial charge in [-0.2, -0.15) is 0 Å². The minimum Gasteiger partial charge on any atom is -0.508 e. The molecule has 19 heavy (non-hydrogen) atoms. The summed E-state index contributed by atoms with van der Waals surface area (Å²) >= 11 is 0. The Bertz CT molecular complexity index is 520. The molecule has 1 aromatic rings. The molecule has 0 aromatic heterocycles.